The Kier molecular flexibility index (Phi) is 7.78. The van der Waals surface area contributed by atoms with Crippen LogP contribution in [0.1, 0.15) is 52.9 Å². The van der Waals surface area contributed by atoms with Gasteiger partial charge in [-0.05, 0) is 63.4 Å². The van der Waals surface area contributed by atoms with Gasteiger partial charge in [0.1, 0.15) is 0 Å². The molecule has 1 nitrogen and oxygen atoms in total. The molecule has 1 rings (SSSR count). The van der Waals surface area contributed by atoms with E-state index in [-0.39, 0.29) is 0 Å². The Hall–Kier alpha value is -0.380. The number of hydrogen-bond acceptors (Lipinski definition) is 1. The highest BCUT2D eigenvalue weighted by molar-refractivity contribution is 14.1. The number of allylic oxidation sites excluding steroid dienone is 5. The molecule has 2 unspecified atom stereocenters. The molecule has 20 heavy (non-hydrogen) atoms. The Labute approximate surface area is 138 Å². The van der Waals surface area contributed by atoms with Crippen molar-refractivity contribution in [1.29, 1.82) is 5.41 Å². The summed E-state index contributed by atoms with van der Waals surface area (Å²) in [5, 5.41) is 7.85. The van der Waals surface area contributed by atoms with Crippen LogP contribution in [-0.2, 0) is 0 Å². The normalized spacial score (nSPS) is 21.7. The van der Waals surface area contributed by atoms with Crippen LogP contribution >= 0.6 is 22.6 Å². The minimum Gasteiger partial charge on any atom is -0.310 e. The molecule has 0 bridgehead atoms. The average Bonchev–Trinajstić information content (AvgIpc) is 2.38. The zero-order valence-corrected chi connectivity index (χ0v) is 15.2. The first-order chi connectivity index (χ1) is 9.47. The fourth-order valence-electron chi connectivity index (χ4n) is 2.96. The first kappa shape index (κ1) is 17.7. The van der Waals surface area contributed by atoms with Gasteiger partial charge >= 0.3 is 0 Å². The van der Waals surface area contributed by atoms with Crippen molar-refractivity contribution in [2.45, 2.75) is 56.8 Å². The maximum Gasteiger partial charge on any atom is 0.0330 e. The molecule has 0 heterocycles. The van der Waals surface area contributed by atoms with E-state index in [1.807, 2.05) is 13.0 Å². The van der Waals surface area contributed by atoms with Crippen LogP contribution in [0.4, 0.5) is 0 Å². The second-order valence-electron chi connectivity index (χ2n) is 5.93. The minimum atomic E-state index is 0.392. The van der Waals surface area contributed by atoms with Gasteiger partial charge in [0, 0.05) is 9.64 Å². The van der Waals surface area contributed by atoms with Crippen LogP contribution in [0.5, 0.6) is 0 Å². The van der Waals surface area contributed by atoms with E-state index >= 15 is 0 Å². The maximum atomic E-state index is 7.85. The standard InChI is InChI=1S/C18H28IN/c1-5-8-16(15(4)20)10-7-11-17-13(2)9-6-12-18(17)14(3)19/h5-6,12-14,16,20H,1,7-11H2,2-4H3/t13?,14-,16?/m0/s1. The highest BCUT2D eigenvalue weighted by atomic mass is 127. The van der Waals surface area contributed by atoms with Gasteiger partial charge < -0.3 is 5.41 Å². The zero-order valence-electron chi connectivity index (χ0n) is 13.1. The minimum absolute atomic E-state index is 0.392. The van der Waals surface area contributed by atoms with E-state index in [2.05, 4.69) is 55.2 Å². The van der Waals surface area contributed by atoms with Crippen molar-refractivity contribution in [3.8, 4) is 0 Å². The summed E-state index contributed by atoms with van der Waals surface area (Å²) in [4.78, 5) is 0. The first-order valence-electron chi connectivity index (χ1n) is 7.66. The van der Waals surface area contributed by atoms with Crippen LogP contribution < -0.4 is 0 Å². The largest absolute Gasteiger partial charge is 0.310 e. The highest BCUT2D eigenvalue weighted by Gasteiger charge is 2.19. The van der Waals surface area contributed by atoms with E-state index in [4.69, 9.17) is 5.41 Å². The molecule has 112 valence electrons. The molecule has 0 radical (unpaired) electrons. The van der Waals surface area contributed by atoms with Crippen molar-refractivity contribution in [2.24, 2.45) is 11.8 Å². The first-order valence-corrected chi connectivity index (χ1v) is 8.91. The lowest BCUT2D eigenvalue weighted by molar-refractivity contribution is 0.556. The number of alkyl halides is 1. The SMILES string of the molecule is C=CCC(CCCC1=C([C@H](C)I)C=CCC1C)C(C)=N. The van der Waals surface area contributed by atoms with Gasteiger partial charge in [0.15, 0.2) is 0 Å². The molecular weight excluding hydrogens is 357 g/mol. The molecular formula is C18H28IN. The molecule has 0 aromatic carbocycles. The summed E-state index contributed by atoms with van der Waals surface area (Å²) in [6.07, 6.45) is 12.2. The summed E-state index contributed by atoms with van der Waals surface area (Å²) in [5.41, 5.74) is 3.99. The van der Waals surface area contributed by atoms with E-state index in [0.29, 0.717) is 15.8 Å². The Bertz CT molecular complexity index is 404. The van der Waals surface area contributed by atoms with Crippen molar-refractivity contribution in [2.75, 3.05) is 0 Å². The molecule has 0 aromatic heterocycles. The van der Waals surface area contributed by atoms with E-state index in [0.717, 1.165) is 18.6 Å². The number of halogens is 1. The Balaban J connectivity index is 2.64. The van der Waals surface area contributed by atoms with E-state index in [9.17, 15) is 0 Å². The predicted octanol–water partition coefficient (Wildman–Crippen LogP) is 6.10. The number of rotatable bonds is 8. The van der Waals surface area contributed by atoms with Crippen LogP contribution in [-0.4, -0.2) is 9.64 Å². The second-order valence-corrected chi connectivity index (χ2v) is 7.80. The molecule has 0 aliphatic heterocycles. The molecule has 0 saturated heterocycles. The smallest absolute Gasteiger partial charge is 0.0330 e. The van der Waals surface area contributed by atoms with E-state index in [1.165, 1.54) is 24.8 Å². The van der Waals surface area contributed by atoms with Crippen molar-refractivity contribution in [3.63, 3.8) is 0 Å². The molecule has 1 aliphatic carbocycles. The van der Waals surface area contributed by atoms with Crippen LogP contribution in [0.15, 0.2) is 36.0 Å². The van der Waals surface area contributed by atoms with Gasteiger partial charge in [-0.2, -0.15) is 0 Å². The molecule has 1 N–H and O–H groups in total. The zero-order chi connectivity index (χ0) is 15.1. The average molecular weight is 385 g/mol. The summed E-state index contributed by atoms with van der Waals surface area (Å²) in [6, 6.07) is 0. The second kappa shape index (κ2) is 8.81. The molecule has 2 heteroatoms. The Morgan fingerprint density at radius 2 is 2.30 bits per heavy atom. The number of nitrogens with one attached hydrogen (secondary N) is 1. The van der Waals surface area contributed by atoms with Gasteiger partial charge in [0.25, 0.3) is 0 Å². The van der Waals surface area contributed by atoms with Crippen molar-refractivity contribution >= 4 is 28.3 Å². The lowest BCUT2D eigenvalue weighted by Gasteiger charge is -2.24. The Morgan fingerprint density at radius 3 is 2.85 bits per heavy atom. The topological polar surface area (TPSA) is 23.9 Å². The lowest BCUT2D eigenvalue weighted by atomic mass is 9.83. The molecule has 0 aromatic rings. The lowest BCUT2D eigenvalue weighted by Crippen LogP contribution is -2.13. The quantitative estimate of drug-likeness (QED) is 0.226. The van der Waals surface area contributed by atoms with Gasteiger partial charge in [-0.15, -0.1) is 6.58 Å². The molecule has 0 fully saturated rings. The fourth-order valence-corrected chi connectivity index (χ4v) is 3.57. The predicted molar refractivity (Wildman–Crippen MR) is 99.0 cm³/mol. The van der Waals surface area contributed by atoms with Crippen molar-refractivity contribution < 1.29 is 0 Å². The van der Waals surface area contributed by atoms with Gasteiger partial charge in [-0.3, -0.25) is 0 Å². The molecule has 0 spiro atoms. The van der Waals surface area contributed by atoms with Crippen LogP contribution in [0.25, 0.3) is 0 Å². The maximum absolute atomic E-state index is 7.85. The molecule has 0 amide bonds. The van der Waals surface area contributed by atoms with E-state index in [1.54, 1.807) is 5.57 Å². The van der Waals surface area contributed by atoms with Gasteiger partial charge in [-0.25, -0.2) is 0 Å². The van der Waals surface area contributed by atoms with Crippen molar-refractivity contribution in [1.82, 2.24) is 0 Å². The summed E-state index contributed by atoms with van der Waals surface area (Å²) < 4.78 is 0.593. The third-order valence-corrected chi connectivity index (χ3v) is 4.91. The van der Waals surface area contributed by atoms with Crippen LogP contribution in [0.2, 0.25) is 0 Å². The van der Waals surface area contributed by atoms with E-state index < -0.39 is 0 Å². The van der Waals surface area contributed by atoms with Gasteiger partial charge in [-0.1, -0.05) is 53.3 Å². The summed E-state index contributed by atoms with van der Waals surface area (Å²) in [5.74, 6) is 1.08. The number of hydrogen-bond donors (Lipinski definition) is 1. The summed E-state index contributed by atoms with van der Waals surface area (Å²) in [6.45, 7) is 10.4. The monoisotopic (exact) mass is 385 g/mol. The Morgan fingerprint density at radius 1 is 1.60 bits per heavy atom. The third kappa shape index (κ3) is 5.19. The van der Waals surface area contributed by atoms with Crippen molar-refractivity contribution in [3.05, 3.63) is 36.0 Å². The molecule has 0 saturated carbocycles. The highest BCUT2D eigenvalue weighted by Crippen LogP contribution is 2.33. The van der Waals surface area contributed by atoms with Gasteiger partial charge in [0.05, 0.1) is 0 Å². The van der Waals surface area contributed by atoms with Gasteiger partial charge in [0.2, 0.25) is 0 Å². The van der Waals surface area contributed by atoms with Crippen LogP contribution in [0, 0.1) is 17.2 Å². The third-order valence-electron chi connectivity index (χ3n) is 4.24. The summed E-state index contributed by atoms with van der Waals surface area (Å²) in [7, 11) is 0. The molecule has 1 aliphatic rings. The van der Waals surface area contributed by atoms with Crippen LogP contribution in [0.3, 0.4) is 0 Å². The fraction of sp³-hybridized carbons (Fsp3) is 0.611. The molecule has 3 atom stereocenters. The summed E-state index contributed by atoms with van der Waals surface area (Å²) >= 11 is 2.52.